The fourth-order valence-corrected chi connectivity index (χ4v) is 5.27. The molecular formula is C28H16BrF3N2O5S. The molecule has 202 valence electrons. The minimum absolute atomic E-state index is 0.0346. The Kier molecular flexibility index (Phi) is 7.39. The zero-order valence-corrected chi connectivity index (χ0v) is 22.5. The number of imide groups is 1. The van der Waals surface area contributed by atoms with Gasteiger partial charge in [-0.05, 0) is 70.6 Å². The third-order valence-electron chi connectivity index (χ3n) is 5.99. The predicted molar refractivity (Wildman–Crippen MR) is 148 cm³/mol. The molecule has 1 aliphatic heterocycles. The summed E-state index contributed by atoms with van der Waals surface area (Å²) in [6, 6.07) is 19.9. The maximum Gasteiger partial charge on any atom is 0.416 e. The van der Waals surface area contributed by atoms with Crippen molar-refractivity contribution in [2.45, 2.75) is 12.7 Å². The van der Waals surface area contributed by atoms with Gasteiger partial charge in [0.25, 0.3) is 11.1 Å². The van der Waals surface area contributed by atoms with E-state index in [9.17, 15) is 32.9 Å². The molecule has 1 aliphatic rings. The molecule has 4 aromatic carbocycles. The first-order valence-corrected chi connectivity index (χ1v) is 13.2. The highest BCUT2D eigenvalue weighted by molar-refractivity contribution is 9.10. The van der Waals surface area contributed by atoms with E-state index < -0.39 is 39.2 Å². The van der Waals surface area contributed by atoms with Crippen LogP contribution in [0.1, 0.15) is 16.7 Å². The number of nitrogens with zero attached hydrogens (tertiary/aromatic N) is 2. The van der Waals surface area contributed by atoms with Gasteiger partial charge in [-0.2, -0.15) is 13.2 Å². The van der Waals surface area contributed by atoms with Gasteiger partial charge in [-0.15, -0.1) is 0 Å². The molecule has 1 saturated heterocycles. The Hall–Kier alpha value is -4.16. The lowest BCUT2D eigenvalue weighted by Gasteiger charge is -2.13. The first-order valence-electron chi connectivity index (χ1n) is 11.6. The van der Waals surface area contributed by atoms with E-state index in [1.165, 1.54) is 12.1 Å². The van der Waals surface area contributed by atoms with Crippen LogP contribution >= 0.6 is 27.7 Å². The summed E-state index contributed by atoms with van der Waals surface area (Å²) in [4.78, 5) is 37.7. The van der Waals surface area contributed by atoms with Crippen molar-refractivity contribution in [1.29, 1.82) is 0 Å². The Labute approximate surface area is 237 Å². The molecular weight excluding hydrogens is 613 g/mol. The second-order valence-corrected chi connectivity index (χ2v) is 10.6. The molecule has 1 heterocycles. The summed E-state index contributed by atoms with van der Waals surface area (Å²) in [6.07, 6.45) is -3.37. The number of amides is 2. The van der Waals surface area contributed by atoms with E-state index in [-0.39, 0.29) is 22.8 Å². The van der Waals surface area contributed by atoms with E-state index in [4.69, 9.17) is 4.74 Å². The van der Waals surface area contributed by atoms with Crippen molar-refractivity contribution in [3.05, 3.63) is 115 Å². The Morgan fingerprint density at radius 1 is 0.950 bits per heavy atom. The molecule has 7 nitrogen and oxygen atoms in total. The maximum absolute atomic E-state index is 13.2. The molecule has 0 aromatic heterocycles. The molecule has 5 rings (SSSR count). The topological polar surface area (TPSA) is 89.7 Å². The number of nitro benzene ring substituents is 1. The number of alkyl halides is 3. The van der Waals surface area contributed by atoms with E-state index in [0.29, 0.717) is 16.6 Å². The fourth-order valence-electron chi connectivity index (χ4n) is 4.06. The third kappa shape index (κ3) is 5.73. The highest BCUT2D eigenvalue weighted by Gasteiger charge is 2.36. The Bertz CT molecular complexity index is 1720. The zero-order valence-electron chi connectivity index (χ0n) is 20.1. The predicted octanol–water partition coefficient (Wildman–Crippen LogP) is 8.56. The first-order chi connectivity index (χ1) is 19.0. The lowest BCUT2D eigenvalue weighted by Crippen LogP contribution is -2.27. The summed E-state index contributed by atoms with van der Waals surface area (Å²) in [5, 5.41) is 13.0. The Morgan fingerprint density at radius 3 is 2.40 bits per heavy atom. The summed E-state index contributed by atoms with van der Waals surface area (Å²) in [6.45, 7) is 0.0619. The summed E-state index contributed by atoms with van der Waals surface area (Å²) < 4.78 is 45.5. The van der Waals surface area contributed by atoms with E-state index >= 15 is 0 Å². The van der Waals surface area contributed by atoms with Crippen LogP contribution in [0.5, 0.6) is 11.5 Å². The molecule has 0 N–H and O–H groups in total. The average molecular weight is 629 g/mol. The van der Waals surface area contributed by atoms with Crippen LogP contribution < -0.4 is 4.74 Å². The van der Waals surface area contributed by atoms with Crippen molar-refractivity contribution in [3.8, 4) is 11.5 Å². The van der Waals surface area contributed by atoms with Gasteiger partial charge < -0.3 is 4.74 Å². The summed E-state index contributed by atoms with van der Waals surface area (Å²) >= 11 is 4.04. The number of rotatable bonds is 6. The van der Waals surface area contributed by atoms with Crippen LogP contribution in [0.2, 0.25) is 0 Å². The number of hydrogen-bond acceptors (Lipinski definition) is 6. The normalized spacial score (nSPS) is 14.8. The highest BCUT2D eigenvalue weighted by Crippen LogP contribution is 2.41. The number of halogens is 4. The van der Waals surface area contributed by atoms with E-state index in [1.54, 1.807) is 12.1 Å². The number of carbonyl (C=O) groups is 2. The Morgan fingerprint density at radius 2 is 1.68 bits per heavy atom. The van der Waals surface area contributed by atoms with Gasteiger partial charge in [0, 0.05) is 16.1 Å². The molecule has 0 atom stereocenters. The standard InChI is InChI=1S/C28H16BrF3N2O5S/c29-21-8-10-23(39-24-9-7-20(28(30,31)32)14-22(24)34(37)38)19(12-21)13-25-26(35)33(27(36)40-25)15-16-5-6-17-3-1-2-4-18(17)11-16/h1-14H,15H2/b25-13-. The summed E-state index contributed by atoms with van der Waals surface area (Å²) in [7, 11) is 0. The SMILES string of the molecule is O=C1S/C(=C\c2cc(Br)ccc2Oc2ccc(C(F)(F)F)cc2[N+](=O)[O-])C(=O)N1Cc1ccc2ccccc2c1. The molecule has 4 aromatic rings. The zero-order chi connectivity index (χ0) is 28.6. The second kappa shape index (κ2) is 10.8. The van der Waals surface area contributed by atoms with E-state index in [0.717, 1.165) is 39.1 Å². The number of fused-ring (bicyclic) bond motifs is 1. The van der Waals surface area contributed by atoms with Crippen molar-refractivity contribution in [3.63, 3.8) is 0 Å². The molecule has 0 bridgehead atoms. The summed E-state index contributed by atoms with van der Waals surface area (Å²) in [5.74, 6) is -0.915. The minimum Gasteiger partial charge on any atom is -0.449 e. The minimum atomic E-state index is -4.78. The molecule has 40 heavy (non-hydrogen) atoms. The maximum atomic E-state index is 13.2. The molecule has 0 unspecified atom stereocenters. The van der Waals surface area contributed by atoms with Crippen LogP contribution in [0.25, 0.3) is 16.8 Å². The number of nitro groups is 1. The lowest BCUT2D eigenvalue weighted by molar-refractivity contribution is -0.385. The van der Waals surface area contributed by atoms with Gasteiger partial charge in [-0.1, -0.05) is 52.3 Å². The second-order valence-electron chi connectivity index (χ2n) is 8.67. The van der Waals surface area contributed by atoms with E-state index in [2.05, 4.69) is 15.9 Å². The van der Waals surface area contributed by atoms with Crippen LogP contribution in [0.3, 0.4) is 0 Å². The number of benzene rings is 4. The van der Waals surface area contributed by atoms with Crippen molar-refractivity contribution in [2.24, 2.45) is 0 Å². The average Bonchev–Trinajstić information content (AvgIpc) is 3.16. The van der Waals surface area contributed by atoms with Crippen LogP contribution in [-0.4, -0.2) is 21.0 Å². The van der Waals surface area contributed by atoms with Crippen molar-refractivity contribution < 1.29 is 32.4 Å². The molecule has 0 aliphatic carbocycles. The van der Waals surface area contributed by atoms with Crippen LogP contribution in [0, 0.1) is 10.1 Å². The number of thioether (sulfide) groups is 1. The Balaban J connectivity index is 1.44. The van der Waals surface area contributed by atoms with Gasteiger partial charge in [-0.3, -0.25) is 24.6 Å². The van der Waals surface area contributed by atoms with Crippen molar-refractivity contribution >= 4 is 61.4 Å². The number of ether oxygens (including phenoxy) is 1. The molecule has 0 saturated carbocycles. The van der Waals surface area contributed by atoms with Gasteiger partial charge in [0.05, 0.1) is 21.9 Å². The van der Waals surface area contributed by atoms with Crippen molar-refractivity contribution in [2.75, 3.05) is 0 Å². The van der Waals surface area contributed by atoms with Crippen LogP contribution in [-0.2, 0) is 17.5 Å². The molecule has 0 radical (unpaired) electrons. The molecule has 1 fully saturated rings. The van der Waals surface area contributed by atoms with Crippen molar-refractivity contribution in [1.82, 2.24) is 4.90 Å². The largest absolute Gasteiger partial charge is 0.449 e. The molecule has 0 spiro atoms. The smallest absolute Gasteiger partial charge is 0.416 e. The summed E-state index contributed by atoms with van der Waals surface area (Å²) in [5.41, 5.74) is -1.02. The number of hydrogen-bond donors (Lipinski definition) is 0. The van der Waals surface area contributed by atoms with Gasteiger partial charge in [0.1, 0.15) is 5.75 Å². The van der Waals surface area contributed by atoms with Gasteiger partial charge in [-0.25, -0.2) is 0 Å². The quantitative estimate of drug-likeness (QED) is 0.121. The van der Waals surface area contributed by atoms with E-state index in [1.807, 2.05) is 42.5 Å². The molecule has 2 amide bonds. The fraction of sp³-hybridized carbons (Fsp3) is 0.0714. The lowest BCUT2D eigenvalue weighted by atomic mass is 10.1. The van der Waals surface area contributed by atoms with Gasteiger partial charge in [0.2, 0.25) is 5.75 Å². The third-order valence-corrected chi connectivity index (χ3v) is 7.39. The van der Waals surface area contributed by atoms with Crippen LogP contribution in [0.15, 0.2) is 88.2 Å². The van der Waals surface area contributed by atoms with Gasteiger partial charge >= 0.3 is 11.9 Å². The van der Waals surface area contributed by atoms with Gasteiger partial charge in [0.15, 0.2) is 0 Å². The monoisotopic (exact) mass is 628 g/mol. The highest BCUT2D eigenvalue weighted by atomic mass is 79.9. The number of carbonyl (C=O) groups excluding carboxylic acids is 2. The molecule has 12 heteroatoms. The van der Waals surface area contributed by atoms with Crippen LogP contribution in [0.4, 0.5) is 23.7 Å². The first kappa shape index (κ1) is 27.4.